The number of hydrogen-bond donors (Lipinski definition) is 0. The molecule has 2 aromatic carbocycles. The van der Waals surface area contributed by atoms with Gasteiger partial charge in [-0.05, 0) is 56.2 Å². The fourth-order valence-corrected chi connectivity index (χ4v) is 4.52. The molecule has 1 fully saturated rings. The van der Waals surface area contributed by atoms with E-state index in [1.54, 1.807) is 31.2 Å². The first-order valence-electron chi connectivity index (χ1n) is 11.1. The number of carbonyl (C=O) groups is 1. The van der Waals surface area contributed by atoms with Crippen LogP contribution < -0.4 is 11.2 Å². The molecular weight excluding hydrogens is 390 g/mol. The van der Waals surface area contributed by atoms with E-state index in [0.29, 0.717) is 16.8 Å². The largest absolute Gasteiger partial charge is 0.341 e. The molecule has 1 aliphatic heterocycles. The maximum absolute atomic E-state index is 13.0. The Morgan fingerprint density at radius 1 is 0.935 bits per heavy atom. The van der Waals surface area contributed by atoms with Crippen LogP contribution in [0.1, 0.15) is 31.7 Å². The van der Waals surface area contributed by atoms with Crippen LogP contribution in [0.5, 0.6) is 0 Å². The molecule has 162 valence electrons. The molecule has 6 heteroatoms. The minimum absolute atomic E-state index is 0.0334. The number of aryl methyl sites for hydroxylation is 1. The van der Waals surface area contributed by atoms with Crippen LogP contribution in [0, 0.1) is 5.92 Å². The zero-order valence-corrected chi connectivity index (χ0v) is 18.0. The predicted octanol–water partition coefficient (Wildman–Crippen LogP) is 3.05. The molecule has 0 bridgehead atoms. The summed E-state index contributed by atoms with van der Waals surface area (Å²) in [5, 5.41) is 0.469. The Labute approximate surface area is 181 Å². The van der Waals surface area contributed by atoms with Gasteiger partial charge >= 0.3 is 5.69 Å². The lowest BCUT2D eigenvalue weighted by atomic mass is 9.90. The Bertz CT molecular complexity index is 1170. The first-order valence-corrected chi connectivity index (χ1v) is 11.1. The van der Waals surface area contributed by atoms with Crippen molar-refractivity contribution < 1.29 is 4.79 Å². The Morgan fingerprint density at radius 3 is 2.32 bits per heavy atom. The first kappa shape index (κ1) is 21.1. The van der Waals surface area contributed by atoms with Crippen LogP contribution in [-0.2, 0) is 24.3 Å². The Hall–Kier alpha value is -3.15. The van der Waals surface area contributed by atoms with Crippen LogP contribution >= 0.6 is 0 Å². The van der Waals surface area contributed by atoms with Crippen LogP contribution in [0.2, 0.25) is 0 Å². The summed E-state index contributed by atoms with van der Waals surface area (Å²) in [6, 6.07) is 17.5. The number of piperidine rings is 1. The highest BCUT2D eigenvalue weighted by molar-refractivity contribution is 5.81. The number of likely N-dealkylation sites (tertiary alicyclic amines) is 1. The SMILES string of the molecule is CCn1c(=O)c2ccccc2n(CC(=O)N2CCC(CCc3ccccc3)CC2)c1=O. The number of rotatable bonds is 6. The molecule has 0 N–H and O–H groups in total. The highest BCUT2D eigenvalue weighted by atomic mass is 16.2. The molecule has 1 saturated heterocycles. The zero-order valence-electron chi connectivity index (χ0n) is 18.0. The molecule has 4 rings (SSSR count). The van der Waals surface area contributed by atoms with Crippen LogP contribution in [0.4, 0.5) is 0 Å². The molecule has 6 nitrogen and oxygen atoms in total. The van der Waals surface area contributed by atoms with Crippen molar-refractivity contribution in [2.45, 2.75) is 45.7 Å². The van der Waals surface area contributed by atoms with Gasteiger partial charge < -0.3 is 4.90 Å². The van der Waals surface area contributed by atoms with Gasteiger partial charge in [0.2, 0.25) is 5.91 Å². The van der Waals surface area contributed by atoms with Crippen molar-refractivity contribution in [1.82, 2.24) is 14.0 Å². The van der Waals surface area contributed by atoms with E-state index >= 15 is 0 Å². The monoisotopic (exact) mass is 419 g/mol. The maximum atomic E-state index is 13.0. The molecule has 1 aromatic heterocycles. The van der Waals surface area contributed by atoms with Crippen molar-refractivity contribution in [3.8, 4) is 0 Å². The van der Waals surface area contributed by atoms with Crippen LogP contribution in [0.3, 0.4) is 0 Å². The predicted molar refractivity (Wildman–Crippen MR) is 122 cm³/mol. The first-order chi connectivity index (χ1) is 15.1. The maximum Gasteiger partial charge on any atom is 0.331 e. The molecule has 1 amide bonds. The van der Waals surface area contributed by atoms with Crippen molar-refractivity contribution in [2.24, 2.45) is 5.92 Å². The smallest absolute Gasteiger partial charge is 0.331 e. The number of fused-ring (bicyclic) bond motifs is 1. The molecular formula is C25H29N3O3. The summed E-state index contributed by atoms with van der Waals surface area (Å²) >= 11 is 0. The summed E-state index contributed by atoms with van der Waals surface area (Å²) in [5.74, 6) is 0.560. The van der Waals surface area contributed by atoms with E-state index in [1.165, 1.54) is 14.7 Å². The second-order valence-electron chi connectivity index (χ2n) is 8.28. The highest BCUT2D eigenvalue weighted by Gasteiger charge is 2.24. The molecule has 2 heterocycles. The molecule has 0 atom stereocenters. The lowest BCUT2D eigenvalue weighted by molar-refractivity contribution is -0.133. The fraction of sp³-hybridized carbons (Fsp3) is 0.400. The standard InChI is InChI=1S/C25H29N3O3/c1-2-27-24(30)21-10-6-7-11-22(21)28(25(27)31)18-23(29)26-16-14-20(15-17-26)13-12-19-8-4-3-5-9-19/h3-11,20H,2,12-18H2,1H3. The summed E-state index contributed by atoms with van der Waals surface area (Å²) in [6.07, 6.45) is 4.18. The molecule has 0 unspecified atom stereocenters. The molecule has 0 radical (unpaired) electrons. The van der Waals surface area contributed by atoms with Crippen LogP contribution in [-0.4, -0.2) is 33.0 Å². The molecule has 3 aromatic rings. The van der Waals surface area contributed by atoms with E-state index in [-0.39, 0.29) is 24.6 Å². The fourth-order valence-electron chi connectivity index (χ4n) is 4.52. The van der Waals surface area contributed by atoms with E-state index < -0.39 is 5.69 Å². The second-order valence-corrected chi connectivity index (χ2v) is 8.28. The average Bonchev–Trinajstić information content (AvgIpc) is 2.81. The Morgan fingerprint density at radius 2 is 1.61 bits per heavy atom. The van der Waals surface area contributed by atoms with E-state index in [4.69, 9.17) is 0 Å². The minimum atomic E-state index is -0.419. The topological polar surface area (TPSA) is 64.3 Å². The van der Waals surface area contributed by atoms with E-state index in [1.807, 2.05) is 11.0 Å². The van der Waals surface area contributed by atoms with Crippen LogP contribution in [0.25, 0.3) is 10.9 Å². The Kier molecular flexibility index (Phi) is 6.35. The van der Waals surface area contributed by atoms with Gasteiger partial charge in [0.05, 0.1) is 10.9 Å². The van der Waals surface area contributed by atoms with Gasteiger partial charge in [-0.1, -0.05) is 42.5 Å². The van der Waals surface area contributed by atoms with Gasteiger partial charge in [0.15, 0.2) is 0 Å². The number of para-hydroxylation sites is 1. The van der Waals surface area contributed by atoms with Crippen molar-refractivity contribution in [3.05, 3.63) is 81.0 Å². The summed E-state index contributed by atoms with van der Waals surface area (Å²) in [5.41, 5.74) is 1.16. The van der Waals surface area contributed by atoms with Gasteiger partial charge in [0.1, 0.15) is 6.54 Å². The molecule has 0 spiro atoms. The van der Waals surface area contributed by atoms with E-state index in [2.05, 4.69) is 24.3 Å². The lowest BCUT2D eigenvalue weighted by Gasteiger charge is -2.32. The van der Waals surface area contributed by atoms with Gasteiger partial charge in [0, 0.05) is 19.6 Å². The average molecular weight is 420 g/mol. The number of carbonyl (C=O) groups excluding carboxylic acids is 1. The summed E-state index contributed by atoms with van der Waals surface area (Å²) in [4.78, 5) is 40.3. The highest BCUT2D eigenvalue weighted by Crippen LogP contribution is 2.23. The number of benzene rings is 2. The summed E-state index contributed by atoms with van der Waals surface area (Å²) in [7, 11) is 0. The van der Waals surface area contributed by atoms with Crippen molar-refractivity contribution >= 4 is 16.8 Å². The van der Waals surface area contributed by atoms with Gasteiger partial charge in [-0.25, -0.2) is 4.79 Å². The van der Waals surface area contributed by atoms with Gasteiger partial charge in [-0.3, -0.25) is 18.7 Å². The van der Waals surface area contributed by atoms with Crippen molar-refractivity contribution in [2.75, 3.05) is 13.1 Å². The number of nitrogens with zero attached hydrogens (tertiary/aromatic N) is 3. The van der Waals surface area contributed by atoms with E-state index in [0.717, 1.165) is 38.8 Å². The Balaban J connectivity index is 1.43. The normalized spacial score (nSPS) is 14.8. The van der Waals surface area contributed by atoms with Crippen molar-refractivity contribution in [1.29, 1.82) is 0 Å². The summed E-state index contributed by atoms with van der Waals surface area (Å²) < 4.78 is 2.65. The third kappa shape index (κ3) is 4.48. The zero-order chi connectivity index (χ0) is 21.8. The number of hydrogen-bond acceptors (Lipinski definition) is 3. The van der Waals surface area contributed by atoms with Gasteiger partial charge in [0.25, 0.3) is 5.56 Å². The number of amides is 1. The van der Waals surface area contributed by atoms with E-state index in [9.17, 15) is 14.4 Å². The molecule has 1 aliphatic rings. The molecule has 0 aliphatic carbocycles. The van der Waals surface area contributed by atoms with Crippen molar-refractivity contribution in [3.63, 3.8) is 0 Å². The second kappa shape index (κ2) is 9.33. The third-order valence-corrected chi connectivity index (χ3v) is 6.39. The van der Waals surface area contributed by atoms with Gasteiger partial charge in [-0.15, -0.1) is 0 Å². The molecule has 31 heavy (non-hydrogen) atoms. The quantitative estimate of drug-likeness (QED) is 0.617. The van der Waals surface area contributed by atoms with Crippen LogP contribution in [0.15, 0.2) is 64.2 Å². The molecule has 0 saturated carbocycles. The lowest BCUT2D eigenvalue weighted by Crippen LogP contribution is -2.45. The minimum Gasteiger partial charge on any atom is -0.341 e. The third-order valence-electron chi connectivity index (χ3n) is 6.39. The van der Waals surface area contributed by atoms with Gasteiger partial charge in [-0.2, -0.15) is 0 Å². The number of aromatic nitrogens is 2. The summed E-state index contributed by atoms with van der Waals surface area (Å²) in [6.45, 7) is 3.46.